The van der Waals surface area contributed by atoms with Crippen molar-refractivity contribution in [1.29, 1.82) is 0 Å². The maximum Gasteiger partial charge on any atom is 0.186 e. The number of carbonyl (C=O) groups excluding carboxylic acids is 1. The lowest BCUT2D eigenvalue weighted by atomic mass is 9.71. The molecule has 4 rings (SSSR count). The van der Waals surface area contributed by atoms with E-state index in [1.165, 1.54) is 0 Å². The average molecular weight is 489 g/mol. The van der Waals surface area contributed by atoms with Crippen LogP contribution in [0.5, 0.6) is 0 Å². The van der Waals surface area contributed by atoms with Gasteiger partial charge in [0.15, 0.2) is 5.78 Å². The molecule has 0 fully saturated rings. The highest BCUT2D eigenvalue weighted by Crippen LogP contribution is 2.43. The highest BCUT2D eigenvalue weighted by molar-refractivity contribution is 7.12. The van der Waals surface area contributed by atoms with Gasteiger partial charge in [-0.2, -0.15) is 5.11 Å². The van der Waals surface area contributed by atoms with Gasteiger partial charge >= 0.3 is 0 Å². The Morgan fingerprint density at radius 3 is 2.15 bits per heavy atom. The summed E-state index contributed by atoms with van der Waals surface area (Å²) >= 11 is 7.81. The Morgan fingerprint density at radius 1 is 0.882 bits per heavy atom. The van der Waals surface area contributed by atoms with E-state index in [0.29, 0.717) is 10.7 Å². The van der Waals surface area contributed by atoms with Crippen molar-refractivity contribution in [3.05, 3.63) is 92.7 Å². The first-order chi connectivity index (χ1) is 15.9. The minimum Gasteiger partial charge on any atom is -0.289 e. The molecule has 1 aromatic heterocycles. The molecule has 34 heavy (non-hydrogen) atoms. The third-order valence-corrected chi connectivity index (χ3v) is 7.03. The Morgan fingerprint density at radius 2 is 1.53 bits per heavy atom. The highest BCUT2D eigenvalue weighted by Gasteiger charge is 2.35. The lowest BCUT2D eigenvalue weighted by Crippen LogP contribution is -2.28. The van der Waals surface area contributed by atoms with Gasteiger partial charge in [-0.1, -0.05) is 83.5 Å². The standard InChI is InChI=1S/C29H29ClN2OS/c1-28(2,3)23-14-19(15-24(26(23)33)29(4,5)6)25(32-31-21-12-9-11-20(30)16-21)27-22-13-8-7-10-18(22)17-34-27/h7-17H,1-6H3. The molecule has 0 atom stereocenters. The number of nitrogens with zero attached hydrogens (tertiary/aromatic N) is 2. The number of carbonyl (C=O) groups is 1. The van der Waals surface area contributed by atoms with Crippen LogP contribution in [0.3, 0.4) is 0 Å². The van der Waals surface area contributed by atoms with Crippen LogP contribution in [0.2, 0.25) is 5.02 Å². The molecule has 0 amide bonds. The molecule has 1 aliphatic rings. The third kappa shape index (κ3) is 4.98. The van der Waals surface area contributed by atoms with Crippen molar-refractivity contribution in [2.24, 2.45) is 21.1 Å². The largest absolute Gasteiger partial charge is 0.289 e. The van der Waals surface area contributed by atoms with Gasteiger partial charge in [-0.15, -0.1) is 16.5 Å². The molecule has 0 aliphatic heterocycles. The number of halogens is 1. The van der Waals surface area contributed by atoms with Gasteiger partial charge in [-0.05, 0) is 51.9 Å². The van der Waals surface area contributed by atoms with Crippen LogP contribution in [0, 0.1) is 10.8 Å². The van der Waals surface area contributed by atoms with E-state index in [2.05, 4.69) is 64.2 Å². The van der Waals surface area contributed by atoms with Crippen molar-refractivity contribution in [1.82, 2.24) is 0 Å². The molecule has 0 saturated carbocycles. The zero-order valence-corrected chi connectivity index (χ0v) is 22.0. The van der Waals surface area contributed by atoms with E-state index in [9.17, 15) is 4.79 Å². The zero-order valence-electron chi connectivity index (χ0n) is 20.4. The second-order valence-corrected chi connectivity index (χ2v) is 11.9. The van der Waals surface area contributed by atoms with Crippen LogP contribution in [-0.2, 0) is 4.79 Å². The summed E-state index contributed by atoms with van der Waals surface area (Å²) in [6.07, 6.45) is 4.00. The number of hydrogen-bond acceptors (Lipinski definition) is 4. The maximum absolute atomic E-state index is 13.5. The van der Waals surface area contributed by atoms with Crippen LogP contribution < -0.4 is 0 Å². The average Bonchev–Trinajstić information content (AvgIpc) is 3.17. The highest BCUT2D eigenvalue weighted by atomic mass is 35.5. The number of benzene rings is 2. The van der Waals surface area contributed by atoms with Gasteiger partial charge in [-0.3, -0.25) is 4.79 Å². The predicted molar refractivity (Wildman–Crippen MR) is 145 cm³/mol. The smallest absolute Gasteiger partial charge is 0.186 e. The van der Waals surface area contributed by atoms with Crippen LogP contribution >= 0.6 is 22.9 Å². The monoisotopic (exact) mass is 488 g/mol. The van der Waals surface area contributed by atoms with Gasteiger partial charge in [0.25, 0.3) is 0 Å². The number of hydrogen-bond donors (Lipinski definition) is 0. The summed E-state index contributed by atoms with van der Waals surface area (Å²) in [5, 5.41) is 14.3. The molecule has 3 aromatic rings. The van der Waals surface area contributed by atoms with Crippen LogP contribution in [0.4, 0.5) is 5.69 Å². The normalized spacial score (nSPS) is 15.1. The number of allylic oxidation sites excluding steroid dienone is 5. The summed E-state index contributed by atoms with van der Waals surface area (Å²) in [7, 11) is 0. The fourth-order valence-electron chi connectivity index (χ4n) is 3.94. The van der Waals surface area contributed by atoms with Gasteiger partial charge in [-0.25, -0.2) is 0 Å². The zero-order chi connectivity index (χ0) is 24.7. The molecule has 0 N–H and O–H groups in total. The number of thiophene rings is 1. The number of ketones is 1. The lowest BCUT2D eigenvalue weighted by Gasteiger charge is -2.31. The van der Waals surface area contributed by atoms with Gasteiger partial charge < -0.3 is 0 Å². The van der Waals surface area contributed by atoms with E-state index in [1.807, 2.05) is 42.5 Å². The molecule has 0 radical (unpaired) electrons. The van der Waals surface area contributed by atoms with E-state index in [0.717, 1.165) is 38.1 Å². The van der Waals surface area contributed by atoms with Crippen LogP contribution in [-0.4, -0.2) is 5.78 Å². The molecule has 0 spiro atoms. The summed E-state index contributed by atoms with van der Waals surface area (Å²) in [4.78, 5) is 14.5. The molecule has 1 heterocycles. The van der Waals surface area contributed by atoms with Crippen molar-refractivity contribution in [3.63, 3.8) is 0 Å². The van der Waals surface area contributed by atoms with Crippen LogP contribution in [0.15, 0.2) is 93.0 Å². The summed E-state index contributed by atoms with van der Waals surface area (Å²) in [6, 6.07) is 15.6. The fraction of sp³-hybridized carbons (Fsp3) is 0.276. The first-order valence-electron chi connectivity index (χ1n) is 11.3. The first kappa shape index (κ1) is 24.3. The van der Waals surface area contributed by atoms with Crippen molar-refractivity contribution in [3.8, 4) is 0 Å². The maximum atomic E-state index is 13.5. The van der Waals surface area contributed by atoms with Crippen LogP contribution in [0.25, 0.3) is 16.5 Å². The molecule has 0 saturated heterocycles. The van der Waals surface area contributed by atoms with Crippen molar-refractivity contribution in [2.75, 3.05) is 0 Å². The van der Waals surface area contributed by atoms with Gasteiger partial charge in [0.05, 0.1) is 10.6 Å². The number of Topliss-reactive ketones (excluding diaryl/α,β-unsaturated/α-hetero) is 1. The quantitative estimate of drug-likeness (QED) is 0.338. The topological polar surface area (TPSA) is 41.8 Å². The van der Waals surface area contributed by atoms with E-state index in [-0.39, 0.29) is 16.6 Å². The Balaban J connectivity index is 2.02. The first-order valence-corrected chi connectivity index (χ1v) is 12.6. The summed E-state index contributed by atoms with van der Waals surface area (Å²) in [6.45, 7) is 12.5. The second kappa shape index (κ2) is 9.09. The van der Waals surface area contributed by atoms with Gasteiger partial charge in [0.1, 0.15) is 5.70 Å². The van der Waals surface area contributed by atoms with Crippen molar-refractivity contribution >= 4 is 50.9 Å². The molecule has 3 nitrogen and oxygen atoms in total. The number of azo groups is 1. The second-order valence-electron chi connectivity index (χ2n) is 10.6. The molecule has 174 valence electrons. The SMILES string of the molecule is CC(C)(C)C1=CC(=C(N=Nc2cccc(Cl)c2)c2scc3ccccc23)C=C(C(C)(C)C)C1=O. The van der Waals surface area contributed by atoms with Crippen molar-refractivity contribution in [2.45, 2.75) is 41.5 Å². The van der Waals surface area contributed by atoms with Gasteiger partial charge in [0.2, 0.25) is 0 Å². The molecule has 0 unspecified atom stereocenters. The van der Waals surface area contributed by atoms with Crippen molar-refractivity contribution < 1.29 is 4.79 Å². The van der Waals surface area contributed by atoms with Gasteiger partial charge in [0, 0.05) is 27.1 Å². The van der Waals surface area contributed by atoms with E-state index >= 15 is 0 Å². The minimum absolute atomic E-state index is 0.103. The Bertz CT molecular complexity index is 1360. The number of rotatable bonds is 3. The Kier molecular flexibility index (Phi) is 6.50. The van der Waals surface area contributed by atoms with E-state index in [4.69, 9.17) is 16.7 Å². The third-order valence-electron chi connectivity index (χ3n) is 5.78. The molecule has 5 heteroatoms. The minimum atomic E-state index is -0.306. The Labute approximate surface area is 210 Å². The lowest BCUT2D eigenvalue weighted by molar-refractivity contribution is -0.114. The van der Waals surface area contributed by atoms with Crippen LogP contribution in [0.1, 0.15) is 46.4 Å². The summed E-state index contributed by atoms with van der Waals surface area (Å²) in [5.74, 6) is 0.103. The Hall–Kier alpha value is -2.82. The summed E-state index contributed by atoms with van der Waals surface area (Å²) in [5.41, 5.74) is 3.28. The molecule has 0 bridgehead atoms. The van der Waals surface area contributed by atoms with E-state index in [1.54, 1.807) is 17.4 Å². The molecule has 1 aliphatic carbocycles. The molecule has 2 aromatic carbocycles. The molecular weight excluding hydrogens is 460 g/mol. The molecular formula is C29H29ClN2OS. The predicted octanol–water partition coefficient (Wildman–Crippen LogP) is 9.58. The summed E-state index contributed by atoms with van der Waals surface area (Å²) < 4.78 is 0. The van der Waals surface area contributed by atoms with E-state index < -0.39 is 0 Å². The number of fused-ring (bicyclic) bond motifs is 1. The fourth-order valence-corrected chi connectivity index (χ4v) is 5.15.